The van der Waals surface area contributed by atoms with Gasteiger partial charge in [-0.25, -0.2) is 13.2 Å². The highest BCUT2D eigenvalue weighted by molar-refractivity contribution is 5.35. The highest BCUT2D eigenvalue weighted by atomic mass is 19.3. The second-order valence-electron chi connectivity index (χ2n) is 11.4. The number of aromatic hydroxyl groups is 1. The number of allylic oxidation sites excluding steroid dienone is 5. The van der Waals surface area contributed by atoms with Crippen LogP contribution in [0.5, 0.6) is 5.75 Å². The van der Waals surface area contributed by atoms with Gasteiger partial charge in [0.25, 0.3) is 5.92 Å². The molecular weight excluding hydrogens is 499 g/mol. The molecule has 0 radical (unpaired) electrons. The first kappa shape index (κ1) is 34.5. The van der Waals surface area contributed by atoms with Crippen molar-refractivity contribution in [1.82, 2.24) is 10.3 Å². The number of nitrogens with zero attached hydrogens (tertiary/aromatic N) is 1. The van der Waals surface area contributed by atoms with E-state index in [0.717, 1.165) is 18.2 Å². The Bertz CT molecular complexity index is 946. The number of nitrogens with two attached hydrogens (primary N) is 1. The maximum absolute atomic E-state index is 14.3. The summed E-state index contributed by atoms with van der Waals surface area (Å²) in [6.45, 7) is 15.7. The molecule has 4 nitrogen and oxygen atoms in total. The molecule has 1 aromatic heterocycles. The summed E-state index contributed by atoms with van der Waals surface area (Å²) in [4.78, 5) is 4.47. The molecule has 4 N–H and O–H groups in total. The first-order valence-electron chi connectivity index (χ1n) is 14.0. The zero-order valence-corrected chi connectivity index (χ0v) is 24.6. The lowest BCUT2D eigenvalue weighted by Gasteiger charge is -2.45. The molecule has 0 aliphatic heterocycles. The fourth-order valence-corrected chi connectivity index (χ4v) is 5.41. The number of hydrogen-bond acceptors (Lipinski definition) is 4. The van der Waals surface area contributed by atoms with Crippen LogP contribution in [0.2, 0.25) is 0 Å². The molecule has 2 saturated carbocycles. The standard InChI is InChI=1S/C16H26N2O.C14H19F3.C2H5N/c1-12(2)18-16(3,13-7-5-4-6-8-13)15-10-9-14(19)11-17-15;1-4-11(2)10-12(6-9-15)14(16,17)13(3)7-5-8-13;1-2-3/h9-13,18-19H,4-8H2,1-3H3;4,6,10H,1,5,7-9H2,2-3H3;2H,1,3H2/b;11-10-,12-6+;/t16-;;/m1../s1. The van der Waals surface area contributed by atoms with Crippen molar-refractivity contribution in [2.45, 2.75) is 103 Å². The van der Waals surface area contributed by atoms with Crippen LogP contribution in [0.25, 0.3) is 0 Å². The summed E-state index contributed by atoms with van der Waals surface area (Å²) >= 11 is 0. The lowest BCUT2D eigenvalue weighted by atomic mass is 9.64. The van der Waals surface area contributed by atoms with Crippen LogP contribution in [0.4, 0.5) is 13.2 Å². The van der Waals surface area contributed by atoms with Crippen molar-refractivity contribution in [2.24, 2.45) is 17.1 Å². The number of pyridine rings is 1. The molecule has 2 aliphatic rings. The Morgan fingerprint density at radius 3 is 2.21 bits per heavy atom. The molecule has 0 unspecified atom stereocenters. The van der Waals surface area contributed by atoms with E-state index in [1.165, 1.54) is 50.5 Å². The molecular formula is C32H50F3N3O. The predicted molar refractivity (Wildman–Crippen MR) is 157 cm³/mol. The maximum Gasteiger partial charge on any atom is 0.278 e. The van der Waals surface area contributed by atoms with E-state index < -0.39 is 18.0 Å². The Kier molecular flexibility index (Phi) is 14.1. The van der Waals surface area contributed by atoms with Gasteiger partial charge in [0.1, 0.15) is 12.4 Å². The summed E-state index contributed by atoms with van der Waals surface area (Å²) in [6.07, 6.45) is 14.9. The molecule has 2 fully saturated rings. The van der Waals surface area contributed by atoms with Crippen LogP contribution in [0, 0.1) is 11.3 Å². The minimum absolute atomic E-state index is 0.0950. The van der Waals surface area contributed by atoms with Crippen LogP contribution in [0.15, 0.2) is 67.1 Å². The van der Waals surface area contributed by atoms with E-state index in [-0.39, 0.29) is 16.9 Å². The van der Waals surface area contributed by atoms with E-state index in [2.05, 4.69) is 50.0 Å². The number of nitrogens with one attached hydrogen (secondary N) is 1. The quantitative estimate of drug-likeness (QED) is 0.270. The summed E-state index contributed by atoms with van der Waals surface area (Å²) in [7, 11) is 0. The molecule has 0 aromatic carbocycles. The minimum atomic E-state index is -2.97. The Hall–Kier alpha value is -2.54. The fourth-order valence-electron chi connectivity index (χ4n) is 5.41. The van der Waals surface area contributed by atoms with Crippen molar-refractivity contribution in [3.8, 4) is 5.75 Å². The molecule has 1 atom stereocenters. The number of aromatic nitrogens is 1. The normalized spacial score (nSPS) is 19.4. The summed E-state index contributed by atoms with van der Waals surface area (Å²) in [5.41, 5.74) is 4.94. The van der Waals surface area contributed by atoms with Crippen molar-refractivity contribution in [3.63, 3.8) is 0 Å². The van der Waals surface area contributed by atoms with Gasteiger partial charge in [-0.1, -0.05) is 63.5 Å². The SMILES string of the molecule is C=C/C(C)=C\C(=C/CF)C(F)(F)C1(C)CCC1.C=CN.CC(C)N[C@@](C)(c1ccc(O)cn1)C1CCCCC1. The third-order valence-corrected chi connectivity index (χ3v) is 7.87. The summed E-state index contributed by atoms with van der Waals surface area (Å²) in [5, 5.41) is 13.1. The second-order valence-corrected chi connectivity index (χ2v) is 11.4. The largest absolute Gasteiger partial charge is 0.506 e. The van der Waals surface area contributed by atoms with Gasteiger partial charge < -0.3 is 16.2 Å². The van der Waals surface area contributed by atoms with Gasteiger partial charge in [0.05, 0.1) is 17.4 Å². The van der Waals surface area contributed by atoms with Crippen molar-refractivity contribution in [3.05, 3.63) is 72.8 Å². The smallest absolute Gasteiger partial charge is 0.278 e. The first-order chi connectivity index (χ1) is 18.3. The van der Waals surface area contributed by atoms with E-state index in [1.54, 1.807) is 26.1 Å². The number of halogens is 3. The Balaban J connectivity index is 0.000000357. The topological polar surface area (TPSA) is 71.2 Å². The molecule has 3 rings (SSSR count). The van der Waals surface area contributed by atoms with Gasteiger partial charge in [0.15, 0.2) is 0 Å². The van der Waals surface area contributed by atoms with Crippen molar-refractivity contribution in [2.75, 3.05) is 6.67 Å². The highest BCUT2D eigenvalue weighted by Gasteiger charge is 2.55. The Labute approximate surface area is 234 Å². The number of hydrogen-bond donors (Lipinski definition) is 3. The van der Waals surface area contributed by atoms with Crippen LogP contribution in [0.1, 0.15) is 91.7 Å². The fraction of sp³-hybridized carbons (Fsp3) is 0.594. The van der Waals surface area contributed by atoms with E-state index >= 15 is 0 Å². The predicted octanol–water partition coefficient (Wildman–Crippen LogP) is 8.51. The average Bonchev–Trinajstić information content (AvgIpc) is 2.88. The summed E-state index contributed by atoms with van der Waals surface area (Å²) in [6, 6.07) is 4.12. The summed E-state index contributed by atoms with van der Waals surface area (Å²) < 4.78 is 40.9. The first-order valence-corrected chi connectivity index (χ1v) is 14.0. The Morgan fingerprint density at radius 1 is 1.21 bits per heavy atom. The third kappa shape index (κ3) is 9.55. The zero-order chi connectivity index (χ0) is 29.7. The molecule has 0 bridgehead atoms. The highest BCUT2D eigenvalue weighted by Crippen LogP contribution is 2.55. The van der Waals surface area contributed by atoms with Gasteiger partial charge in [0, 0.05) is 17.0 Å². The third-order valence-electron chi connectivity index (χ3n) is 7.87. The molecule has 220 valence electrons. The van der Waals surface area contributed by atoms with Gasteiger partial charge in [-0.2, -0.15) is 0 Å². The van der Waals surface area contributed by atoms with Crippen molar-refractivity contribution >= 4 is 0 Å². The lowest BCUT2D eigenvalue weighted by Crippen LogP contribution is -2.50. The number of rotatable bonds is 9. The van der Waals surface area contributed by atoms with Gasteiger partial charge in [-0.15, -0.1) is 0 Å². The van der Waals surface area contributed by atoms with Crippen LogP contribution in [-0.2, 0) is 5.54 Å². The van der Waals surface area contributed by atoms with E-state index in [9.17, 15) is 18.3 Å². The minimum Gasteiger partial charge on any atom is -0.506 e. The van der Waals surface area contributed by atoms with Crippen LogP contribution >= 0.6 is 0 Å². The van der Waals surface area contributed by atoms with Gasteiger partial charge in [-0.05, 0) is 83.7 Å². The Morgan fingerprint density at radius 2 is 1.79 bits per heavy atom. The molecule has 1 aromatic rings. The van der Waals surface area contributed by atoms with E-state index in [4.69, 9.17) is 0 Å². The van der Waals surface area contributed by atoms with Gasteiger partial charge in [0.2, 0.25) is 0 Å². The van der Waals surface area contributed by atoms with E-state index in [0.29, 0.717) is 30.4 Å². The van der Waals surface area contributed by atoms with Crippen LogP contribution < -0.4 is 11.1 Å². The van der Waals surface area contributed by atoms with Gasteiger partial charge >= 0.3 is 0 Å². The van der Waals surface area contributed by atoms with Crippen LogP contribution in [0.3, 0.4) is 0 Å². The van der Waals surface area contributed by atoms with Crippen molar-refractivity contribution in [1.29, 1.82) is 0 Å². The van der Waals surface area contributed by atoms with Gasteiger partial charge in [-0.3, -0.25) is 4.98 Å². The summed E-state index contributed by atoms with van der Waals surface area (Å²) in [5.74, 6) is -2.11. The zero-order valence-electron chi connectivity index (χ0n) is 24.6. The molecule has 7 heteroatoms. The molecule has 1 heterocycles. The molecule has 0 saturated heterocycles. The second kappa shape index (κ2) is 15.9. The average molecular weight is 550 g/mol. The molecule has 0 spiro atoms. The van der Waals surface area contributed by atoms with E-state index in [1.807, 2.05) is 6.07 Å². The molecule has 2 aliphatic carbocycles. The lowest BCUT2D eigenvalue weighted by molar-refractivity contribution is -0.119. The molecule has 39 heavy (non-hydrogen) atoms. The molecule has 0 amide bonds. The van der Waals surface area contributed by atoms with Crippen molar-refractivity contribution < 1.29 is 18.3 Å². The number of alkyl halides is 3. The van der Waals surface area contributed by atoms with Crippen LogP contribution in [-0.4, -0.2) is 28.7 Å². The monoisotopic (exact) mass is 549 g/mol. The maximum atomic E-state index is 14.3.